The van der Waals surface area contributed by atoms with Crippen LogP contribution in [-0.2, 0) is 4.74 Å². The second-order valence-electron chi connectivity index (χ2n) is 5.94. The maximum Gasteiger partial charge on any atom is 0.125 e. The summed E-state index contributed by atoms with van der Waals surface area (Å²) in [5, 5.41) is 0. The first-order valence-corrected chi connectivity index (χ1v) is 8.51. The molecule has 0 N–H and O–H groups in total. The summed E-state index contributed by atoms with van der Waals surface area (Å²) in [5.74, 6) is 1.76. The molecule has 0 aliphatic carbocycles. The molecule has 2 aromatic rings. The van der Waals surface area contributed by atoms with E-state index in [1.165, 1.54) is 0 Å². The van der Waals surface area contributed by atoms with Crippen molar-refractivity contribution >= 4 is 0 Å². The Morgan fingerprint density at radius 3 is 2.50 bits per heavy atom. The van der Waals surface area contributed by atoms with Gasteiger partial charge in [-0.2, -0.15) is 0 Å². The van der Waals surface area contributed by atoms with E-state index >= 15 is 0 Å². The molecule has 1 saturated heterocycles. The van der Waals surface area contributed by atoms with Gasteiger partial charge in [-0.25, -0.2) is 0 Å². The molecule has 3 rings (SSSR count). The van der Waals surface area contributed by atoms with Gasteiger partial charge in [-0.15, -0.1) is 0 Å². The molecule has 0 spiro atoms. The zero-order chi connectivity index (χ0) is 16.6. The number of benzene rings is 2. The highest BCUT2D eigenvalue weighted by molar-refractivity contribution is 5.31. The summed E-state index contributed by atoms with van der Waals surface area (Å²) in [6.07, 6.45) is 0.938. The smallest absolute Gasteiger partial charge is 0.125 e. The first kappa shape index (κ1) is 16.8. The second kappa shape index (κ2) is 8.71. The highest BCUT2D eigenvalue weighted by atomic mass is 16.5. The number of methoxy groups -OCH3 is 1. The molecule has 0 bridgehead atoms. The number of rotatable bonds is 7. The molecule has 0 saturated carbocycles. The third-order valence-electron chi connectivity index (χ3n) is 4.30. The van der Waals surface area contributed by atoms with Crippen molar-refractivity contribution in [2.75, 3.05) is 40.0 Å². The third-order valence-corrected chi connectivity index (χ3v) is 4.30. The van der Waals surface area contributed by atoms with Crippen LogP contribution < -0.4 is 9.47 Å². The van der Waals surface area contributed by atoms with Crippen molar-refractivity contribution in [3.05, 3.63) is 60.2 Å². The van der Waals surface area contributed by atoms with Crippen molar-refractivity contribution in [1.82, 2.24) is 4.90 Å². The van der Waals surface area contributed by atoms with Gasteiger partial charge in [0.05, 0.1) is 20.3 Å². The van der Waals surface area contributed by atoms with Crippen LogP contribution in [0, 0.1) is 0 Å². The Balaban J connectivity index is 1.71. The molecule has 24 heavy (non-hydrogen) atoms. The van der Waals surface area contributed by atoms with Gasteiger partial charge in [0.1, 0.15) is 17.6 Å². The van der Waals surface area contributed by atoms with E-state index in [0.717, 1.165) is 56.3 Å². The SMILES string of the molecule is COc1cccc(C(CCN2CCOCC2)Oc2ccccc2)c1. The minimum atomic E-state index is 0.00495. The number of hydrogen-bond donors (Lipinski definition) is 0. The lowest BCUT2D eigenvalue weighted by Crippen LogP contribution is -2.37. The average Bonchev–Trinajstić information content (AvgIpc) is 2.67. The van der Waals surface area contributed by atoms with Gasteiger partial charge in [0.2, 0.25) is 0 Å². The van der Waals surface area contributed by atoms with Crippen molar-refractivity contribution in [3.63, 3.8) is 0 Å². The highest BCUT2D eigenvalue weighted by Crippen LogP contribution is 2.27. The van der Waals surface area contributed by atoms with Gasteiger partial charge >= 0.3 is 0 Å². The van der Waals surface area contributed by atoms with E-state index in [1.54, 1.807) is 7.11 Å². The molecule has 128 valence electrons. The first-order valence-electron chi connectivity index (χ1n) is 8.51. The Morgan fingerprint density at radius 2 is 1.75 bits per heavy atom. The maximum atomic E-state index is 6.28. The van der Waals surface area contributed by atoms with Crippen LogP contribution in [0.25, 0.3) is 0 Å². The summed E-state index contributed by atoms with van der Waals surface area (Å²) >= 11 is 0. The number of nitrogens with zero attached hydrogens (tertiary/aromatic N) is 1. The van der Waals surface area contributed by atoms with Crippen LogP contribution in [-0.4, -0.2) is 44.9 Å². The third kappa shape index (κ3) is 4.73. The molecule has 1 fully saturated rings. The number of hydrogen-bond acceptors (Lipinski definition) is 4. The van der Waals surface area contributed by atoms with Gasteiger partial charge in [-0.1, -0.05) is 30.3 Å². The predicted molar refractivity (Wildman–Crippen MR) is 94.7 cm³/mol. The highest BCUT2D eigenvalue weighted by Gasteiger charge is 2.18. The minimum Gasteiger partial charge on any atom is -0.497 e. The fourth-order valence-corrected chi connectivity index (χ4v) is 2.92. The number of ether oxygens (including phenoxy) is 3. The van der Waals surface area contributed by atoms with Crippen LogP contribution >= 0.6 is 0 Å². The van der Waals surface area contributed by atoms with Crippen LogP contribution in [0.1, 0.15) is 18.1 Å². The van der Waals surface area contributed by atoms with Crippen LogP contribution in [0.5, 0.6) is 11.5 Å². The van der Waals surface area contributed by atoms with E-state index in [9.17, 15) is 0 Å². The molecule has 1 atom stereocenters. The molecule has 2 aromatic carbocycles. The van der Waals surface area contributed by atoms with Gasteiger partial charge in [-0.3, -0.25) is 4.90 Å². The lowest BCUT2D eigenvalue weighted by molar-refractivity contribution is 0.0317. The first-order chi connectivity index (χ1) is 11.8. The van der Waals surface area contributed by atoms with Crippen molar-refractivity contribution in [3.8, 4) is 11.5 Å². The number of para-hydroxylation sites is 1. The molecule has 0 aromatic heterocycles. The van der Waals surface area contributed by atoms with Crippen molar-refractivity contribution in [1.29, 1.82) is 0 Å². The van der Waals surface area contributed by atoms with Crippen LogP contribution in [0.2, 0.25) is 0 Å². The molecule has 1 unspecified atom stereocenters. The summed E-state index contributed by atoms with van der Waals surface area (Å²) in [6, 6.07) is 18.2. The van der Waals surface area contributed by atoms with Crippen LogP contribution in [0.15, 0.2) is 54.6 Å². The minimum absolute atomic E-state index is 0.00495. The van der Waals surface area contributed by atoms with Gasteiger partial charge < -0.3 is 14.2 Å². The maximum absolute atomic E-state index is 6.28. The standard InChI is InChI=1S/C20H25NO3/c1-22-19-9-5-6-17(16-19)20(24-18-7-3-2-4-8-18)10-11-21-12-14-23-15-13-21/h2-9,16,20H,10-15H2,1H3. The zero-order valence-electron chi connectivity index (χ0n) is 14.2. The molecular formula is C20H25NO3. The monoisotopic (exact) mass is 327 g/mol. The summed E-state index contributed by atoms with van der Waals surface area (Å²) in [7, 11) is 1.69. The molecule has 1 heterocycles. The fraction of sp³-hybridized carbons (Fsp3) is 0.400. The van der Waals surface area contributed by atoms with Crippen molar-refractivity contribution in [2.45, 2.75) is 12.5 Å². The Morgan fingerprint density at radius 1 is 1.00 bits per heavy atom. The van der Waals surface area contributed by atoms with Crippen molar-refractivity contribution < 1.29 is 14.2 Å². The lowest BCUT2D eigenvalue weighted by Gasteiger charge is -2.28. The lowest BCUT2D eigenvalue weighted by atomic mass is 10.1. The van der Waals surface area contributed by atoms with Crippen LogP contribution in [0.3, 0.4) is 0 Å². The molecule has 0 amide bonds. The van der Waals surface area contributed by atoms with Crippen LogP contribution in [0.4, 0.5) is 0 Å². The van der Waals surface area contributed by atoms with Gasteiger partial charge in [-0.05, 0) is 29.8 Å². The fourth-order valence-electron chi connectivity index (χ4n) is 2.92. The predicted octanol–water partition coefficient (Wildman–Crippen LogP) is 3.54. The number of morpholine rings is 1. The van der Waals surface area contributed by atoms with Crippen molar-refractivity contribution in [2.24, 2.45) is 0 Å². The summed E-state index contributed by atoms with van der Waals surface area (Å²) < 4.78 is 17.1. The summed E-state index contributed by atoms with van der Waals surface area (Å²) in [5.41, 5.74) is 1.14. The van der Waals surface area contributed by atoms with Gasteiger partial charge in [0.15, 0.2) is 0 Å². The zero-order valence-corrected chi connectivity index (χ0v) is 14.2. The van der Waals surface area contributed by atoms with E-state index in [0.29, 0.717) is 0 Å². The van der Waals surface area contributed by atoms with Gasteiger partial charge in [0, 0.05) is 26.1 Å². The quantitative estimate of drug-likeness (QED) is 0.778. The Bertz CT molecular complexity index is 611. The summed E-state index contributed by atoms with van der Waals surface area (Å²) in [6.45, 7) is 4.64. The summed E-state index contributed by atoms with van der Waals surface area (Å²) in [4.78, 5) is 2.44. The van der Waals surface area contributed by atoms with E-state index in [4.69, 9.17) is 14.2 Å². The normalized spacial score (nSPS) is 16.5. The van der Waals surface area contributed by atoms with E-state index in [2.05, 4.69) is 17.0 Å². The van der Waals surface area contributed by atoms with E-state index in [1.807, 2.05) is 42.5 Å². The Labute approximate surface area is 144 Å². The average molecular weight is 327 g/mol. The topological polar surface area (TPSA) is 30.9 Å². The molecule has 4 heteroatoms. The largest absolute Gasteiger partial charge is 0.497 e. The van der Waals surface area contributed by atoms with Gasteiger partial charge in [0.25, 0.3) is 0 Å². The Hall–Kier alpha value is -2.04. The molecule has 1 aliphatic heterocycles. The second-order valence-corrected chi connectivity index (χ2v) is 5.94. The molecule has 1 aliphatic rings. The van der Waals surface area contributed by atoms with E-state index < -0.39 is 0 Å². The Kier molecular flexibility index (Phi) is 6.10. The molecular weight excluding hydrogens is 302 g/mol. The molecule has 4 nitrogen and oxygen atoms in total. The molecule has 0 radical (unpaired) electrons. The van der Waals surface area contributed by atoms with E-state index in [-0.39, 0.29) is 6.10 Å².